The molecule has 0 fully saturated rings. The summed E-state index contributed by atoms with van der Waals surface area (Å²) >= 11 is 0. The molecule has 0 N–H and O–H groups in total. The highest BCUT2D eigenvalue weighted by Gasteiger charge is 2.08. The van der Waals surface area contributed by atoms with Crippen LogP contribution in [0.2, 0.25) is 0 Å². The Morgan fingerprint density at radius 1 is 0.633 bits per heavy atom. The van der Waals surface area contributed by atoms with E-state index >= 15 is 0 Å². The lowest BCUT2D eigenvalue weighted by atomic mass is 10.1. The average Bonchev–Trinajstić information content (AvgIpc) is 3.16. The van der Waals surface area contributed by atoms with Crippen LogP contribution in [0.15, 0.2) is 36.5 Å². The van der Waals surface area contributed by atoms with Crippen molar-refractivity contribution in [2.24, 2.45) is 0 Å². The molecule has 1 aromatic carbocycles. The quantitative estimate of drug-likeness (QED) is 0.226. The van der Waals surface area contributed by atoms with Crippen LogP contribution >= 0.6 is 0 Å². The van der Waals surface area contributed by atoms with E-state index in [1.54, 1.807) is 0 Å². The molecule has 2 nitrogen and oxygen atoms in total. The van der Waals surface area contributed by atoms with Crippen molar-refractivity contribution in [1.82, 2.24) is 9.55 Å². The van der Waals surface area contributed by atoms with Crippen LogP contribution in [0.3, 0.4) is 0 Å². The van der Waals surface area contributed by atoms with Crippen LogP contribution in [0.5, 0.6) is 0 Å². The molecule has 0 radical (unpaired) electrons. The third-order valence-corrected chi connectivity index (χ3v) is 6.16. The van der Waals surface area contributed by atoms with E-state index in [0.29, 0.717) is 0 Å². The summed E-state index contributed by atoms with van der Waals surface area (Å²) in [5, 5.41) is 0. The van der Waals surface area contributed by atoms with Gasteiger partial charge in [-0.25, -0.2) is 4.98 Å². The molecule has 1 aromatic heterocycles. The molecule has 2 rings (SSSR count). The fourth-order valence-corrected chi connectivity index (χ4v) is 4.25. The first-order chi connectivity index (χ1) is 14.8. The maximum Gasteiger partial charge on any atom is 0.108 e. The number of hydrogen-bond acceptors (Lipinski definition) is 1. The Hall–Kier alpha value is -1.57. The van der Waals surface area contributed by atoms with E-state index in [1.807, 2.05) is 0 Å². The molecule has 0 spiro atoms. The third kappa shape index (κ3) is 10.5. The monoisotopic (exact) mass is 410 g/mol. The number of imidazole rings is 1. The molecule has 0 saturated heterocycles. The summed E-state index contributed by atoms with van der Waals surface area (Å²) in [6.07, 6.45) is 23.4. The first-order valence-electron chi connectivity index (χ1n) is 12.9. The van der Waals surface area contributed by atoms with Crippen molar-refractivity contribution in [1.29, 1.82) is 0 Å². The van der Waals surface area contributed by atoms with Crippen LogP contribution in [-0.4, -0.2) is 9.55 Å². The largest absolute Gasteiger partial charge is 0.335 e. The molecule has 0 atom stereocenters. The molecule has 0 aliphatic heterocycles. The summed E-state index contributed by atoms with van der Waals surface area (Å²) in [5.74, 6) is 1.32. The summed E-state index contributed by atoms with van der Waals surface area (Å²) < 4.78 is 2.47. The Kier molecular flexibility index (Phi) is 13.3. The van der Waals surface area contributed by atoms with Gasteiger partial charge in [-0.05, 0) is 37.7 Å². The molecule has 2 heteroatoms. The highest BCUT2D eigenvalue weighted by atomic mass is 15.1. The number of unbranched alkanes of at least 4 members (excludes halogenated alkanes) is 10. The molecule has 0 bridgehead atoms. The lowest BCUT2D eigenvalue weighted by Gasteiger charge is -2.07. The predicted molar refractivity (Wildman–Crippen MR) is 131 cm³/mol. The second-order valence-corrected chi connectivity index (χ2v) is 8.97. The van der Waals surface area contributed by atoms with Gasteiger partial charge in [-0.3, -0.25) is 0 Å². The Morgan fingerprint density at radius 3 is 1.93 bits per heavy atom. The molecule has 0 unspecified atom stereocenters. The lowest BCUT2D eigenvalue weighted by Crippen LogP contribution is -2.03. The van der Waals surface area contributed by atoms with Crippen molar-refractivity contribution in [2.75, 3.05) is 0 Å². The fraction of sp³-hybridized carbons (Fsp3) is 0.679. The molecule has 0 amide bonds. The standard InChI is InChI=1S/C28H46N2/c1-3-5-7-8-9-10-11-12-13-17-24-30-25-27(29-28(30)23-6-4-2)22-18-21-26-19-15-14-16-20-26/h14-16,19-20,25H,3-13,17-18,21-24H2,1-2H3. The van der Waals surface area contributed by atoms with Gasteiger partial charge in [-0.2, -0.15) is 0 Å². The molecule has 168 valence electrons. The first-order valence-corrected chi connectivity index (χ1v) is 12.9. The molecular formula is C28H46N2. The normalized spacial score (nSPS) is 11.3. The number of aromatic nitrogens is 2. The van der Waals surface area contributed by atoms with Gasteiger partial charge in [0.05, 0.1) is 5.69 Å². The van der Waals surface area contributed by atoms with E-state index in [1.165, 1.54) is 101 Å². The zero-order valence-corrected chi connectivity index (χ0v) is 19.9. The molecule has 0 saturated carbocycles. The van der Waals surface area contributed by atoms with Crippen molar-refractivity contribution in [3.63, 3.8) is 0 Å². The zero-order chi connectivity index (χ0) is 21.3. The molecule has 1 heterocycles. The number of nitrogens with zero attached hydrogens (tertiary/aromatic N) is 2. The van der Waals surface area contributed by atoms with Gasteiger partial charge < -0.3 is 4.57 Å². The summed E-state index contributed by atoms with van der Waals surface area (Å²) in [7, 11) is 0. The fourth-order valence-electron chi connectivity index (χ4n) is 4.25. The van der Waals surface area contributed by atoms with E-state index in [0.717, 1.165) is 25.8 Å². The van der Waals surface area contributed by atoms with E-state index < -0.39 is 0 Å². The minimum Gasteiger partial charge on any atom is -0.335 e. The summed E-state index contributed by atoms with van der Waals surface area (Å²) in [5.41, 5.74) is 2.73. The number of hydrogen-bond donors (Lipinski definition) is 0. The van der Waals surface area contributed by atoms with E-state index in [4.69, 9.17) is 4.98 Å². The van der Waals surface area contributed by atoms with Crippen molar-refractivity contribution in [3.8, 4) is 0 Å². The van der Waals surface area contributed by atoms with Gasteiger partial charge in [0.25, 0.3) is 0 Å². The van der Waals surface area contributed by atoms with Gasteiger partial charge in [-0.15, -0.1) is 0 Å². The van der Waals surface area contributed by atoms with E-state index in [-0.39, 0.29) is 0 Å². The van der Waals surface area contributed by atoms with Crippen molar-refractivity contribution < 1.29 is 0 Å². The van der Waals surface area contributed by atoms with Crippen molar-refractivity contribution in [3.05, 3.63) is 53.6 Å². The number of aryl methyl sites for hydroxylation is 4. The van der Waals surface area contributed by atoms with Crippen LogP contribution in [0.25, 0.3) is 0 Å². The maximum absolute atomic E-state index is 5.01. The Morgan fingerprint density at radius 2 is 1.27 bits per heavy atom. The van der Waals surface area contributed by atoms with Crippen LogP contribution in [-0.2, 0) is 25.8 Å². The SMILES string of the molecule is CCCCCCCCCCCCn1cc(CCCc2ccccc2)nc1CCCC. The van der Waals surface area contributed by atoms with E-state index in [2.05, 4.69) is 54.9 Å². The average molecular weight is 411 g/mol. The number of benzene rings is 1. The van der Waals surface area contributed by atoms with Crippen molar-refractivity contribution in [2.45, 2.75) is 123 Å². The maximum atomic E-state index is 5.01. The van der Waals surface area contributed by atoms with Crippen LogP contribution in [0.1, 0.15) is 114 Å². The first kappa shape index (κ1) is 24.7. The van der Waals surface area contributed by atoms with Gasteiger partial charge in [0.1, 0.15) is 5.82 Å². The smallest absolute Gasteiger partial charge is 0.108 e. The van der Waals surface area contributed by atoms with Crippen LogP contribution < -0.4 is 0 Å². The topological polar surface area (TPSA) is 17.8 Å². The Bertz CT molecular complexity index is 644. The lowest BCUT2D eigenvalue weighted by molar-refractivity contribution is 0.526. The van der Waals surface area contributed by atoms with Gasteiger partial charge in [0.2, 0.25) is 0 Å². The minimum absolute atomic E-state index is 1.10. The minimum atomic E-state index is 1.10. The predicted octanol–water partition coefficient (Wildman–Crippen LogP) is 8.32. The van der Waals surface area contributed by atoms with Gasteiger partial charge >= 0.3 is 0 Å². The van der Waals surface area contributed by atoms with Gasteiger partial charge in [-0.1, -0.05) is 108 Å². The summed E-state index contributed by atoms with van der Waals surface area (Å²) in [4.78, 5) is 5.01. The highest BCUT2D eigenvalue weighted by molar-refractivity contribution is 5.15. The summed E-state index contributed by atoms with van der Waals surface area (Å²) in [6, 6.07) is 10.8. The van der Waals surface area contributed by atoms with E-state index in [9.17, 15) is 0 Å². The molecule has 0 aliphatic carbocycles. The Labute approximate surface area is 186 Å². The zero-order valence-electron chi connectivity index (χ0n) is 19.9. The second kappa shape index (κ2) is 16.2. The van der Waals surface area contributed by atoms with Gasteiger partial charge in [0.15, 0.2) is 0 Å². The molecular weight excluding hydrogens is 364 g/mol. The molecule has 2 aromatic rings. The number of rotatable bonds is 18. The molecule has 0 aliphatic rings. The Balaban J connectivity index is 1.67. The molecule has 30 heavy (non-hydrogen) atoms. The summed E-state index contributed by atoms with van der Waals surface area (Å²) in [6.45, 7) is 5.72. The van der Waals surface area contributed by atoms with Crippen LogP contribution in [0.4, 0.5) is 0 Å². The second-order valence-electron chi connectivity index (χ2n) is 8.97. The third-order valence-electron chi connectivity index (χ3n) is 6.16. The van der Waals surface area contributed by atoms with Gasteiger partial charge in [0, 0.05) is 19.2 Å². The van der Waals surface area contributed by atoms with Crippen LogP contribution in [0, 0.1) is 0 Å². The highest BCUT2D eigenvalue weighted by Crippen LogP contribution is 2.14. The van der Waals surface area contributed by atoms with Crippen molar-refractivity contribution >= 4 is 0 Å².